The van der Waals surface area contributed by atoms with Crippen LogP contribution in [0.4, 0.5) is 4.39 Å². The van der Waals surface area contributed by atoms with Crippen LogP contribution in [0.2, 0.25) is 0 Å². The van der Waals surface area contributed by atoms with Crippen molar-refractivity contribution in [3.05, 3.63) is 29.6 Å². The van der Waals surface area contributed by atoms with Gasteiger partial charge in [0.1, 0.15) is 23.2 Å². The van der Waals surface area contributed by atoms with Crippen LogP contribution < -0.4 is 10.1 Å². The Morgan fingerprint density at radius 1 is 1.29 bits per heavy atom. The Bertz CT molecular complexity index is 537. The molecular weight excluding hydrogens is 277 g/mol. The summed E-state index contributed by atoms with van der Waals surface area (Å²) >= 11 is 0. The van der Waals surface area contributed by atoms with Gasteiger partial charge < -0.3 is 14.8 Å². The third kappa shape index (κ3) is 5.06. The highest BCUT2D eigenvalue weighted by atomic mass is 19.1. The monoisotopic (exact) mass is 297 g/mol. The van der Waals surface area contributed by atoms with Crippen LogP contribution in [0.3, 0.4) is 0 Å². The van der Waals surface area contributed by atoms with E-state index in [0.717, 1.165) is 6.07 Å². The molecule has 5 nitrogen and oxygen atoms in total. The van der Waals surface area contributed by atoms with Crippen LogP contribution in [0.15, 0.2) is 18.2 Å². The van der Waals surface area contributed by atoms with E-state index in [2.05, 4.69) is 5.32 Å². The van der Waals surface area contributed by atoms with Gasteiger partial charge in [0.2, 0.25) is 0 Å². The summed E-state index contributed by atoms with van der Waals surface area (Å²) in [5, 5.41) is 2.40. The highest BCUT2D eigenvalue weighted by Gasteiger charge is 2.24. The predicted molar refractivity (Wildman–Crippen MR) is 75.7 cm³/mol. The third-order valence-electron chi connectivity index (χ3n) is 2.53. The SMILES string of the molecule is COc1ccc(C(=O)N[C@H](C)C(=O)OC(C)(C)C)c(F)c1. The maximum absolute atomic E-state index is 13.8. The molecule has 0 aliphatic rings. The van der Waals surface area contributed by atoms with Gasteiger partial charge in [-0.15, -0.1) is 0 Å². The van der Waals surface area contributed by atoms with Crippen molar-refractivity contribution in [1.29, 1.82) is 0 Å². The second-order valence-corrected chi connectivity index (χ2v) is 5.57. The van der Waals surface area contributed by atoms with E-state index >= 15 is 0 Å². The van der Waals surface area contributed by atoms with E-state index < -0.39 is 29.3 Å². The van der Waals surface area contributed by atoms with Crippen molar-refractivity contribution in [2.45, 2.75) is 39.3 Å². The summed E-state index contributed by atoms with van der Waals surface area (Å²) in [6, 6.07) is 2.99. The quantitative estimate of drug-likeness (QED) is 0.866. The molecule has 116 valence electrons. The molecule has 0 heterocycles. The fourth-order valence-corrected chi connectivity index (χ4v) is 1.53. The lowest BCUT2D eigenvalue weighted by molar-refractivity contribution is -0.156. The zero-order chi connectivity index (χ0) is 16.2. The minimum atomic E-state index is -0.877. The van der Waals surface area contributed by atoms with Gasteiger partial charge in [-0.25, -0.2) is 9.18 Å². The van der Waals surface area contributed by atoms with E-state index in [-0.39, 0.29) is 5.56 Å². The van der Waals surface area contributed by atoms with E-state index in [1.807, 2.05) is 0 Å². The van der Waals surface area contributed by atoms with Crippen molar-refractivity contribution < 1.29 is 23.5 Å². The smallest absolute Gasteiger partial charge is 0.328 e. The molecule has 6 heteroatoms. The Labute approximate surface area is 123 Å². The molecule has 0 bridgehead atoms. The third-order valence-corrected chi connectivity index (χ3v) is 2.53. The van der Waals surface area contributed by atoms with Crippen molar-refractivity contribution in [1.82, 2.24) is 5.32 Å². The first-order chi connectivity index (χ1) is 9.64. The number of hydrogen-bond donors (Lipinski definition) is 1. The van der Waals surface area contributed by atoms with Crippen LogP contribution in [0, 0.1) is 5.82 Å². The van der Waals surface area contributed by atoms with Crippen LogP contribution in [-0.2, 0) is 9.53 Å². The Kier molecular flexibility index (Phi) is 5.29. The van der Waals surface area contributed by atoms with Gasteiger partial charge in [-0.05, 0) is 39.8 Å². The summed E-state index contributed by atoms with van der Waals surface area (Å²) in [5.74, 6) is -1.68. The molecule has 0 saturated carbocycles. The Hall–Kier alpha value is -2.11. The van der Waals surface area contributed by atoms with E-state index in [4.69, 9.17) is 9.47 Å². The number of ether oxygens (including phenoxy) is 2. The summed E-state index contributed by atoms with van der Waals surface area (Å²) in [7, 11) is 1.40. The maximum atomic E-state index is 13.8. The first-order valence-electron chi connectivity index (χ1n) is 6.51. The number of esters is 1. The number of rotatable bonds is 4. The van der Waals surface area contributed by atoms with E-state index in [1.54, 1.807) is 20.8 Å². The average Bonchev–Trinajstić information content (AvgIpc) is 2.36. The molecule has 1 atom stereocenters. The van der Waals surface area contributed by atoms with Crippen molar-refractivity contribution in [2.75, 3.05) is 7.11 Å². The van der Waals surface area contributed by atoms with Gasteiger partial charge in [0.15, 0.2) is 0 Å². The fraction of sp³-hybridized carbons (Fsp3) is 0.467. The standard InChI is InChI=1S/C15H20FNO4/c1-9(14(19)21-15(2,3)4)17-13(18)11-7-6-10(20-5)8-12(11)16/h6-9H,1-5H3,(H,17,18)/t9-/m1/s1. The van der Waals surface area contributed by atoms with E-state index in [1.165, 1.54) is 26.2 Å². The summed E-state index contributed by atoms with van der Waals surface area (Å²) in [6.45, 7) is 6.65. The average molecular weight is 297 g/mol. The number of methoxy groups -OCH3 is 1. The molecule has 0 radical (unpaired) electrons. The molecule has 1 aromatic carbocycles. The summed E-state index contributed by atoms with van der Waals surface area (Å²) < 4.78 is 23.7. The zero-order valence-electron chi connectivity index (χ0n) is 12.8. The van der Waals surface area contributed by atoms with Gasteiger partial charge in [0.05, 0.1) is 12.7 Å². The number of carbonyl (C=O) groups excluding carboxylic acids is 2. The van der Waals surface area contributed by atoms with Crippen molar-refractivity contribution >= 4 is 11.9 Å². The number of amides is 1. The van der Waals surface area contributed by atoms with Crippen LogP contribution in [-0.4, -0.2) is 30.6 Å². The molecule has 0 aliphatic carbocycles. The summed E-state index contributed by atoms with van der Waals surface area (Å²) in [6.07, 6.45) is 0. The molecule has 21 heavy (non-hydrogen) atoms. The number of nitrogens with one attached hydrogen (secondary N) is 1. The number of hydrogen-bond acceptors (Lipinski definition) is 4. The van der Waals surface area contributed by atoms with Gasteiger partial charge in [-0.2, -0.15) is 0 Å². The Morgan fingerprint density at radius 3 is 2.38 bits per heavy atom. The van der Waals surface area contributed by atoms with Gasteiger partial charge in [-0.3, -0.25) is 4.79 Å². The maximum Gasteiger partial charge on any atom is 0.328 e. The van der Waals surface area contributed by atoms with Gasteiger partial charge >= 0.3 is 5.97 Å². The first-order valence-corrected chi connectivity index (χ1v) is 6.51. The van der Waals surface area contributed by atoms with Gasteiger partial charge in [0, 0.05) is 6.07 Å². The van der Waals surface area contributed by atoms with E-state index in [0.29, 0.717) is 5.75 Å². The topological polar surface area (TPSA) is 64.6 Å². The van der Waals surface area contributed by atoms with Crippen LogP contribution in [0.1, 0.15) is 38.1 Å². The normalized spacial score (nSPS) is 12.5. The number of benzene rings is 1. The van der Waals surface area contributed by atoms with Crippen LogP contribution in [0.5, 0.6) is 5.75 Å². The number of carbonyl (C=O) groups is 2. The predicted octanol–water partition coefficient (Wildman–Crippen LogP) is 2.29. The largest absolute Gasteiger partial charge is 0.497 e. The molecule has 0 spiro atoms. The highest BCUT2D eigenvalue weighted by Crippen LogP contribution is 2.16. The summed E-state index contributed by atoms with van der Waals surface area (Å²) in [5.41, 5.74) is -0.812. The van der Waals surface area contributed by atoms with Crippen molar-refractivity contribution in [3.63, 3.8) is 0 Å². The fourth-order valence-electron chi connectivity index (χ4n) is 1.53. The second-order valence-electron chi connectivity index (χ2n) is 5.57. The minimum Gasteiger partial charge on any atom is -0.497 e. The van der Waals surface area contributed by atoms with Gasteiger partial charge in [0.25, 0.3) is 5.91 Å². The number of halogens is 1. The molecule has 0 aliphatic heterocycles. The molecule has 1 aromatic rings. The molecule has 0 unspecified atom stereocenters. The molecule has 1 amide bonds. The molecular formula is C15H20FNO4. The molecule has 0 saturated heterocycles. The van der Waals surface area contributed by atoms with Crippen LogP contribution in [0.25, 0.3) is 0 Å². The lowest BCUT2D eigenvalue weighted by Gasteiger charge is -2.22. The molecule has 1 N–H and O–H groups in total. The van der Waals surface area contributed by atoms with E-state index in [9.17, 15) is 14.0 Å². The Morgan fingerprint density at radius 2 is 1.90 bits per heavy atom. The lowest BCUT2D eigenvalue weighted by Crippen LogP contribution is -2.42. The van der Waals surface area contributed by atoms with Crippen molar-refractivity contribution in [2.24, 2.45) is 0 Å². The van der Waals surface area contributed by atoms with Crippen molar-refractivity contribution in [3.8, 4) is 5.75 Å². The van der Waals surface area contributed by atoms with Gasteiger partial charge in [-0.1, -0.05) is 0 Å². The minimum absolute atomic E-state index is 0.161. The van der Waals surface area contributed by atoms with Crippen LogP contribution >= 0.6 is 0 Å². The molecule has 0 fully saturated rings. The zero-order valence-corrected chi connectivity index (χ0v) is 12.8. The molecule has 0 aromatic heterocycles. The highest BCUT2D eigenvalue weighted by molar-refractivity contribution is 5.97. The summed E-state index contributed by atoms with van der Waals surface area (Å²) in [4.78, 5) is 23.7. The Balaban J connectivity index is 2.75. The first kappa shape index (κ1) is 16.9. The molecule has 1 rings (SSSR count). The second kappa shape index (κ2) is 6.56. The lowest BCUT2D eigenvalue weighted by atomic mass is 10.1.